The van der Waals surface area contributed by atoms with Crippen LogP contribution < -0.4 is 0 Å². The molecule has 116 valence electrons. The maximum absolute atomic E-state index is 5.76. The first kappa shape index (κ1) is 21.5. The molecule has 1 unspecified atom stereocenters. The third-order valence-electron chi connectivity index (χ3n) is 3.37. The Labute approximate surface area is 147 Å². The highest BCUT2D eigenvalue weighted by molar-refractivity contribution is 9.42. The van der Waals surface area contributed by atoms with Crippen LogP contribution in [0.4, 0.5) is 0 Å². The zero-order chi connectivity index (χ0) is 14.9. The summed E-state index contributed by atoms with van der Waals surface area (Å²) in [5, 5.41) is 0. The van der Waals surface area contributed by atoms with Gasteiger partial charge in [-0.25, -0.2) is 0 Å². The maximum atomic E-state index is 5.76. The Morgan fingerprint density at radius 3 is 2.37 bits per heavy atom. The fourth-order valence-corrected chi connectivity index (χ4v) is 15.4. The third-order valence-corrected chi connectivity index (χ3v) is 16.7. The predicted molar refractivity (Wildman–Crippen MR) is 110 cm³/mol. The van der Waals surface area contributed by atoms with Crippen LogP contribution in [0.5, 0.6) is 0 Å². The van der Waals surface area contributed by atoms with E-state index in [2.05, 4.69) is 39.4 Å². The minimum absolute atomic E-state index is 0.361. The molecule has 0 saturated heterocycles. The smallest absolute Gasteiger partial charge is 0.0820 e. The van der Waals surface area contributed by atoms with Crippen molar-refractivity contribution in [3.8, 4) is 0 Å². The zero-order valence-corrected chi connectivity index (χ0v) is 18.2. The van der Waals surface area contributed by atoms with E-state index in [-0.39, 0.29) is 0 Å². The molecule has 0 heterocycles. The molecule has 0 aromatic rings. The van der Waals surface area contributed by atoms with Crippen molar-refractivity contribution in [2.45, 2.75) is 47.0 Å². The van der Waals surface area contributed by atoms with E-state index >= 15 is 0 Å². The fourth-order valence-electron chi connectivity index (χ4n) is 1.81. The van der Waals surface area contributed by atoms with E-state index in [1.165, 1.54) is 32.5 Å². The Bertz CT molecular complexity index is 326. The standard InChI is InChI=1S/C10H22OS8/c1-5-9(10(3,4)6-2)7-8-11-19(13,14)18-17-16-15-12/h9,12H,5-8H2,1-4H3. The minimum atomic E-state index is -1.83. The van der Waals surface area contributed by atoms with E-state index in [0.717, 1.165) is 6.42 Å². The second kappa shape index (κ2) is 11.1. The van der Waals surface area contributed by atoms with Gasteiger partial charge in [-0.2, -0.15) is 0 Å². The molecule has 0 rings (SSSR count). The average molecular weight is 415 g/mol. The van der Waals surface area contributed by atoms with Crippen LogP contribution in [0.3, 0.4) is 0 Å². The van der Waals surface area contributed by atoms with Gasteiger partial charge in [0, 0.05) is 19.7 Å². The molecule has 0 radical (unpaired) electrons. The van der Waals surface area contributed by atoms with E-state index in [0.29, 0.717) is 17.9 Å². The van der Waals surface area contributed by atoms with E-state index in [1.807, 2.05) is 0 Å². The SMILES string of the molecule is CCC(CCOS(=S)(=S)SSSSS)C(C)(C)CC. The van der Waals surface area contributed by atoms with Gasteiger partial charge in [0.15, 0.2) is 0 Å². The highest BCUT2D eigenvalue weighted by atomic mass is 33.9. The largest absolute Gasteiger partial charge is 0.301 e. The van der Waals surface area contributed by atoms with Gasteiger partial charge >= 0.3 is 0 Å². The van der Waals surface area contributed by atoms with Crippen LogP contribution in [0.1, 0.15) is 47.0 Å². The van der Waals surface area contributed by atoms with Gasteiger partial charge in [0.25, 0.3) is 0 Å². The normalized spacial score (nSPS) is 14.6. The first-order valence-corrected chi connectivity index (χ1v) is 15.8. The third kappa shape index (κ3) is 9.99. The summed E-state index contributed by atoms with van der Waals surface area (Å²) in [6, 6.07) is 0. The minimum Gasteiger partial charge on any atom is -0.301 e. The lowest BCUT2D eigenvalue weighted by Gasteiger charge is -2.33. The van der Waals surface area contributed by atoms with Crippen molar-refractivity contribution in [2.75, 3.05) is 6.61 Å². The molecule has 0 saturated carbocycles. The van der Waals surface area contributed by atoms with Crippen molar-refractivity contribution in [3.05, 3.63) is 0 Å². The second-order valence-electron chi connectivity index (χ2n) is 4.74. The van der Waals surface area contributed by atoms with E-state index < -0.39 is 6.46 Å². The number of hydrogen-bond donors (Lipinski definition) is 1. The van der Waals surface area contributed by atoms with Gasteiger partial charge in [-0.3, -0.25) is 0 Å². The molecular weight excluding hydrogens is 393 g/mol. The average Bonchev–Trinajstić information content (AvgIpc) is 2.34. The Balaban J connectivity index is 4.12. The summed E-state index contributed by atoms with van der Waals surface area (Å²) in [4.78, 5) is 0. The van der Waals surface area contributed by atoms with Gasteiger partial charge in [-0.05, 0) is 59.8 Å². The highest BCUT2D eigenvalue weighted by Gasteiger charge is 2.26. The summed E-state index contributed by atoms with van der Waals surface area (Å²) in [7, 11) is 5.99. The van der Waals surface area contributed by atoms with Gasteiger partial charge in [0.05, 0.1) is 13.1 Å². The Morgan fingerprint density at radius 2 is 1.89 bits per heavy atom. The van der Waals surface area contributed by atoms with Gasteiger partial charge in [0.2, 0.25) is 0 Å². The Hall–Kier alpha value is 2.50. The van der Waals surface area contributed by atoms with E-state index in [9.17, 15) is 0 Å². The van der Waals surface area contributed by atoms with Crippen LogP contribution in [0, 0.1) is 11.3 Å². The van der Waals surface area contributed by atoms with Crippen LogP contribution in [0.15, 0.2) is 0 Å². The maximum Gasteiger partial charge on any atom is 0.0820 e. The lowest BCUT2D eigenvalue weighted by molar-refractivity contribution is 0.162. The first-order valence-electron chi connectivity index (χ1n) is 6.01. The molecule has 1 nitrogen and oxygen atoms in total. The van der Waals surface area contributed by atoms with E-state index in [1.54, 1.807) is 19.7 Å². The quantitative estimate of drug-likeness (QED) is 0.239. The topological polar surface area (TPSA) is 9.23 Å². The molecule has 0 bridgehead atoms. The van der Waals surface area contributed by atoms with Crippen molar-refractivity contribution >= 4 is 79.8 Å². The molecule has 0 fully saturated rings. The van der Waals surface area contributed by atoms with E-state index in [4.69, 9.17) is 26.6 Å². The van der Waals surface area contributed by atoms with Crippen molar-refractivity contribution < 1.29 is 4.18 Å². The number of thiol groups is 1. The second-order valence-corrected chi connectivity index (χ2v) is 19.2. The van der Waals surface area contributed by atoms with Gasteiger partial charge in [-0.1, -0.05) is 52.2 Å². The summed E-state index contributed by atoms with van der Waals surface area (Å²) < 4.78 is 5.76. The van der Waals surface area contributed by atoms with Gasteiger partial charge in [-0.15, -0.1) is 0 Å². The summed E-state index contributed by atoms with van der Waals surface area (Å²) in [5.74, 6) is 0.665. The van der Waals surface area contributed by atoms with Crippen LogP contribution in [0.2, 0.25) is 0 Å². The summed E-state index contributed by atoms with van der Waals surface area (Å²) in [6.07, 6.45) is 3.40. The predicted octanol–water partition coefficient (Wildman–Crippen LogP) is 6.29. The molecule has 0 aliphatic heterocycles. The van der Waals surface area contributed by atoms with Crippen LogP contribution in [-0.2, 0) is 33.0 Å². The lowest BCUT2D eigenvalue weighted by Crippen LogP contribution is -2.24. The summed E-state index contributed by atoms with van der Waals surface area (Å²) in [6.45, 7) is 7.99. The molecular formula is C10H22OS8. The zero-order valence-electron chi connectivity index (χ0n) is 11.6. The number of hydrogen-bond acceptors (Lipinski definition) is 8. The molecule has 0 amide bonds. The molecule has 9 heteroatoms. The highest BCUT2D eigenvalue weighted by Crippen LogP contribution is 2.47. The molecule has 19 heavy (non-hydrogen) atoms. The van der Waals surface area contributed by atoms with Crippen molar-refractivity contribution in [1.82, 2.24) is 0 Å². The van der Waals surface area contributed by atoms with Gasteiger partial charge < -0.3 is 4.18 Å². The summed E-state index contributed by atoms with van der Waals surface area (Å²) >= 11 is 14.7. The van der Waals surface area contributed by atoms with Crippen LogP contribution in [0.25, 0.3) is 0 Å². The van der Waals surface area contributed by atoms with Crippen molar-refractivity contribution in [3.63, 3.8) is 0 Å². The van der Waals surface area contributed by atoms with Crippen molar-refractivity contribution in [2.24, 2.45) is 11.3 Å². The molecule has 1 atom stereocenters. The van der Waals surface area contributed by atoms with Crippen molar-refractivity contribution in [1.29, 1.82) is 0 Å². The molecule has 0 aliphatic rings. The Kier molecular flexibility index (Phi) is 12.6. The molecule has 0 N–H and O–H groups in total. The summed E-state index contributed by atoms with van der Waals surface area (Å²) in [5.41, 5.74) is 0.361. The van der Waals surface area contributed by atoms with Gasteiger partial charge in [0.1, 0.15) is 0 Å². The molecule has 0 aromatic heterocycles. The monoisotopic (exact) mass is 414 g/mol. The fraction of sp³-hybridized carbons (Fsp3) is 1.00. The lowest BCUT2D eigenvalue weighted by atomic mass is 9.74. The molecule has 0 aliphatic carbocycles. The first-order chi connectivity index (χ1) is 8.79. The van der Waals surface area contributed by atoms with Crippen LogP contribution in [-0.4, -0.2) is 6.61 Å². The molecule has 0 aromatic carbocycles. The molecule has 0 spiro atoms. The van der Waals surface area contributed by atoms with Crippen LogP contribution >= 0.6 is 51.0 Å². The number of rotatable bonds is 11. The Morgan fingerprint density at radius 1 is 1.26 bits per heavy atom.